The Morgan fingerprint density at radius 3 is 2.69 bits per heavy atom. The van der Waals surface area contributed by atoms with Gasteiger partial charge in [0.1, 0.15) is 18.2 Å². The Labute approximate surface area is 199 Å². The van der Waals surface area contributed by atoms with E-state index < -0.39 is 28.0 Å². The summed E-state index contributed by atoms with van der Waals surface area (Å²) in [6.07, 6.45) is 5.04. The molecule has 0 amide bonds. The van der Waals surface area contributed by atoms with E-state index in [4.69, 9.17) is 4.74 Å². The second kappa shape index (κ2) is 8.93. The zero-order valence-electron chi connectivity index (χ0n) is 18.3. The van der Waals surface area contributed by atoms with Crippen molar-refractivity contribution in [1.82, 2.24) is 14.7 Å². The van der Waals surface area contributed by atoms with Crippen LogP contribution in [0.4, 0.5) is 10.2 Å². The molecule has 4 aromatic rings. The SMILES string of the molecule is COC1C=C(c2ccccn2)C(F)=CC1n1c(=O)ccc2cc(S(=O)(=O)Nc3ccon3)ccc21. The van der Waals surface area contributed by atoms with Crippen molar-refractivity contribution in [2.75, 3.05) is 11.8 Å². The van der Waals surface area contributed by atoms with Gasteiger partial charge in [0.15, 0.2) is 5.82 Å². The summed E-state index contributed by atoms with van der Waals surface area (Å²) >= 11 is 0. The number of nitrogens with zero attached hydrogens (tertiary/aromatic N) is 3. The molecule has 35 heavy (non-hydrogen) atoms. The molecule has 0 spiro atoms. The Bertz CT molecular complexity index is 1610. The second-order valence-electron chi connectivity index (χ2n) is 7.75. The van der Waals surface area contributed by atoms with E-state index in [1.165, 1.54) is 60.4 Å². The van der Waals surface area contributed by atoms with Crippen molar-refractivity contribution in [1.29, 1.82) is 0 Å². The lowest BCUT2D eigenvalue weighted by Crippen LogP contribution is -2.33. The summed E-state index contributed by atoms with van der Waals surface area (Å²) in [5, 5.41) is 4.02. The van der Waals surface area contributed by atoms with Crippen molar-refractivity contribution < 1.29 is 22.1 Å². The predicted molar refractivity (Wildman–Crippen MR) is 127 cm³/mol. The zero-order valence-corrected chi connectivity index (χ0v) is 19.1. The lowest BCUT2D eigenvalue weighted by Gasteiger charge is -2.28. The zero-order chi connectivity index (χ0) is 24.6. The van der Waals surface area contributed by atoms with Crippen molar-refractivity contribution in [3.63, 3.8) is 0 Å². The molecule has 0 fully saturated rings. The highest BCUT2D eigenvalue weighted by atomic mass is 32.2. The normalized spacial score (nSPS) is 18.2. The van der Waals surface area contributed by atoms with E-state index in [0.29, 0.717) is 16.6 Å². The van der Waals surface area contributed by atoms with E-state index >= 15 is 4.39 Å². The molecule has 3 aromatic heterocycles. The van der Waals surface area contributed by atoms with E-state index in [9.17, 15) is 13.2 Å². The lowest BCUT2D eigenvalue weighted by molar-refractivity contribution is 0.108. The number of hydrogen-bond donors (Lipinski definition) is 1. The number of methoxy groups -OCH3 is 1. The molecule has 5 rings (SSSR count). The van der Waals surface area contributed by atoms with Crippen LogP contribution < -0.4 is 10.3 Å². The largest absolute Gasteiger partial charge is 0.375 e. The fraction of sp³-hybridized carbons (Fsp3) is 0.125. The highest BCUT2D eigenvalue weighted by Gasteiger charge is 2.29. The van der Waals surface area contributed by atoms with E-state index in [1.807, 2.05) is 0 Å². The summed E-state index contributed by atoms with van der Waals surface area (Å²) in [6, 6.07) is 12.9. The summed E-state index contributed by atoms with van der Waals surface area (Å²) in [6.45, 7) is 0. The van der Waals surface area contributed by atoms with Gasteiger partial charge in [0, 0.05) is 31.0 Å². The molecule has 0 bridgehead atoms. The summed E-state index contributed by atoms with van der Waals surface area (Å²) in [7, 11) is -2.49. The van der Waals surface area contributed by atoms with E-state index in [-0.39, 0.29) is 21.8 Å². The quantitative estimate of drug-likeness (QED) is 0.435. The maximum absolute atomic E-state index is 15.2. The van der Waals surface area contributed by atoms with Crippen molar-refractivity contribution in [3.8, 4) is 0 Å². The number of sulfonamides is 1. The summed E-state index contributed by atoms with van der Waals surface area (Å²) < 4.78 is 54.7. The number of aromatic nitrogens is 3. The molecule has 0 aliphatic heterocycles. The molecule has 3 heterocycles. The number of nitrogens with one attached hydrogen (secondary N) is 1. The van der Waals surface area contributed by atoms with Crippen LogP contribution in [0.15, 0.2) is 99.2 Å². The fourth-order valence-corrected chi connectivity index (χ4v) is 5.05. The molecule has 1 aliphatic rings. The van der Waals surface area contributed by atoms with Crippen LogP contribution in [-0.4, -0.2) is 36.3 Å². The lowest BCUT2D eigenvalue weighted by atomic mass is 9.95. The van der Waals surface area contributed by atoms with Crippen LogP contribution in [0.5, 0.6) is 0 Å². The van der Waals surface area contributed by atoms with Crippen LogP contribution in [0.1, 0.15) is 11.7 Å². The molecule has 0 saturated heterocycles. The van der Waals surface area contributed by atoms with Crippen LogP contribution in [0.2, 0.25) is 0 Å². The minimum atomic E-state index is -3.96. The van der Waals surface area contributed by atoms with Gasteiger partial charge in [0.2, 0.25) is 0 Å². The number of ether oxygens (including phenoxy) is 1. The molecule has 0 saturated carbocycles. The molecule has 1 N–H and O–H groups in total. The molecular weight excluding hydrogens is 475 g/mol. The molecule has 2 unspecified atom stereocenters. The maximum atomic E-state index is 15.2. The summed E-state index contributed by atoms with van der Waals surface area (Å²) in [5.74, 6) is -0.502. The number of rotatable bonds is 6. The van der Waals surface area contributed by atoms with Crippen molar-refractivity contribution in [3.05, 3.63) is 101 Å². The predicted octanol–water partition coefficient (Wildman–Crippen LogP) is 3.69. The van der Waals surface area contributed by atoms with Gasteiger partial charge in [0.05, 0.1) is 22.1 Å². The standard InChI is InChI=1S/C24H19FN4O5S/c1-33-22-13-17(19-4-2-3-10-26-19)18(25)14-21(22)29-20-7-6-16(12-15(20)5-8-24(29)30)35(31,32)28-23-9-11-34-27-23/h2-14,21-22H,1H3,(H,27,28). The van der Waals surface area contributed by atoms with Crippen LogP contribution >= 0.6 is 0 Å². The number of anilines is 1. The Morgan fingerprint density at radius 2 is 1.97 bits per heavy atom. The van der Waals surface area contributed by atoms with Crippen LogP contribution in [0, 0.1) is 0 Å². The number of benzene rings is 1. The van der Waals surface area contributed by atoms with Gasteiger partial charge >= 0.3 is 0 Å². The first kappa shape index (κ1) is 22.7. The third-order valence-corrected chi connectivity index (χ3v) is 6.99. The van der Waals surface area contributed by atoms with Gasteiger partial charge < -0.3 is 9.26 Å². The molecule has 1 aromatic carbocycles. The van der Waals surface area contributed by atoms with Crippen molar-refractivity contribution in [2.45, 2.75) is 17.0 Å². The minimum absolute atomic E-state index is 0.0378. The second-order valence-corrected chi connectivity index (χ2v) is 9.44. The van der Waals surface area contributed by atoms with Gasteiger partial charge in [-0.3, -0.25) is 19.1 Å². The van der Waals surface area contributed by atoms with Gasteiger partial charge in [-0.25, -0.2) is 12.8 Å². The number of fused-ring (bicyclic) bond motifs is 1. The van der Waals surface area contributed by atoms with E-state index in [0.717, 1.165) is 0 Å². The van der Waals surface area contributed by atoms with Gasteiger partial charge in [0.25, 0.3) is 15.6 Å². The fourth-order valence-electron chi connectivity index (χ4n) is 4.02. The van der Waals surface area contributed by atoms with Crippen LogP contribution in [-0.2, 0) is 14.8 Å². The molecule has 11 heteroatoms. The van der Waals surface area contributed by atoms with Gasteiger partial charge in [-0.05, 0) is 53.9 Å². The number of pyridine rings is 2. The number of hydrogen-bond acceptors (Lipinski definition) is 7. The molecule has 0 radical (unpaired) electrons. The van der Waals surface area contributed by atoms with Crippen LogP contribution in [0.3, 0.4) is 0 Å². The highest BCUT2D eigenvalue weighted by molar-refractivity contribution is 7.92. The Hall–Kier alpha value is -4.09. The van der Waals surface area contributed by atoms with Gasteiger partial charge in [-0.2, -0.15) is 0 Å². The third kappa shape index (κ3) is 4.27. The topological polar surface area (TPSA) is 116 Å². The monoisotopic (exact) mass is 494 g/mol. The summed E-state index contributed by atoms with van der Waals surface area (Å²) in [5.41, 5.74) is 0.749. The maximum Gasteiger partial charge on any atom is 0.263 e. The molecule has 2 atom stereocenters. The Kier molecular flexibility index (Phi) is 5.79. The first-order chi connectivity index (χ1) is 16.9. The average Bonchev–Trinajstić information content (AvgIpc) is 3.36. The third-order valence-electron chi connectivity index (χ3n) is 5.64. The van der Waals surface area contributed by atoms with Crippen molar-refractivity contribution >= 4 is 32.3 Å². The van der Waals surface area contributed by atoms with Crippen LogP contribution in [0.25, 0.3) is 16.5 Å². The molecule has 178 valence electrons. The number of allylic oxidation sites excluding steroid dienone is 2. The van der Waals surface area contributed by atoms with E-state index in [1.54, 1.807) is 30.5 Å². The first-order valence-corrected chi connectivity index (χ1v) is 12.0. The average molecular weight is 495 g/mol. The van der Waals surface area contributed by atoms with Gasteiger partial charge in [-0.15, -0.1) is 0 Å². The number of halogens is 1. The smallest absolute Gasteiger partial charge is 0.263 e. The molecular formula is C24H19FN4O5S. The molecule has 9 nitrogen and oxygen atoms in total. The Morgan fingerprint density at radius 1 is 1.11 bits per heavy atom. The van der Waals surface area contributed by atoms with Gasteiger partial charge in [-0.1, -0.05) is 11.2 Å². The molecule has 1 aliphatic carbocycles. The van der Waals surface area contributed by atoms with Crippen molar-refractivity contribution in [2.24, 2.45) is 0 Å². The van der Waals surface area contributed by atoms with E-state index in [2.05, 4.69) is 19.4 Å². The highest BCUT2D eigenvalue weighted by Crippen LogP contribution is 2.35. The minimum Gasteiger partial charge on any atom is -0.375 e. The first-order valence-electron chi connectivity index (χ1n) is 10.5. The summed E-state index contributed by atoms with van der Waals surface area (Å²) in [4.78, 5) is 17.1. The Balaban J connectivity index is 1.57.